The molecule has 3 rings (SSSR count). The quantitative estimate of drug-likeness (QED) is 0.807. The minimum Gasteiger partial charge on any atom is -0.381 e. The standard InChI is InChI=1S/C14H20N2O2/c15-9-14(3-5-18-6-4-14)13(17)16-12-8-10-1-2-11(12)7-10/h10-12H,1-8H2,(H,16,17). The second-order valence-corrected chi connectivity index (χ2v) is 6.06. The van der Waals surface area contributed by atoms with Crippen molar-refractivity contribution >= 4 is 5.91 Å². The molecule has 0 spiro atoms. The fourth-order valence-electron chi connectivity index (χ4n) is 3.84. The van der Waals surface area contributed by atoms with E-state index in [1.54, 1.807) is 0 Å². The molecule has 3 fully saturated rings. The zero-order valence-electron chi connectivity index (χ0n) is 10.7. The van der Waals surface area contributed by atoms with Gasteiger partial charge in [0.05, 0.1) is 6.07 Å². The summed E-state index contributed by atoms with van der Waals surface area (Å²) in [7, 11) is 0. The van der Waals surface area contributed by atoms with E-state index in [0.717, 1.165) is 12.3 Å². The maximum absolute atomic E-state index is 12.4. The Kier molecular flexibility index (Phi) is 3.03. The molecule has 1 N–H and O–H groups in total. The van der Waals surface area contributed by atoms with Crippen molar-refractivity contribution in [2.45, 2.75) is 44.6 Å². The molecule has 2 saturated carbocycles. The number of nitrogens with zero attached hydrogens (tertiary/aromatic N) is 1. The topological polar surface area (TPSA) is 62.1 Å². The first-order valence-corrected chi connectivity index (χ1v) is 7.03. The molecule has 1 heterocycles. The third-order valence-corrected chi connectivity index (χ3v) is 5.05. The molecule has 1 amide bonds. The third kappa shape index (κ3) is 1.91. The molecule has 0 aromatic heterocycles. The second-order valence-electron chi connectivity index (χ2n) is 6.06. The van der Waals surface area contributed by atoms with Crippen molar-refractivity contribution in [1.82, 2.24) is 5.32 Å². The number of carbonyl (C=O) groups excluding carboxylic acids is 1. The molecule has 18 heavy (non-hydrogen) atoms. The summed E-state index contributed by atoms with van der Waals surface area (Å²) >= 11 is 0. The lowest BCUT2D eigenvalue weighted by atomic mass is 9.80. The number of fused-ring (bicyclic) bond motifs is 2. The van der Waals surface area contributed by atoms with Crippen molar-refractivity contribution in [3.05, 3.63) is 0 Å². The Hall–Kier alpha value is -1.08. The van der Waals surface area contributed by atoms with E-state index in [-0.39, 0.29) is 5.91 Å². The molecule has 3 atom stereocenters. The van der Waals surface area contributed by atoms with Crippen molar-refractivity contribution in [2.75, 3.05) is 13.2 Å². The van der Waals surface area contributed by atoms with Gasteiger partial charge in [-0.05, 0) is 43.9 Å². The Morgan fingerprint density at radius 1 is 1.28 bits per heavy atom. The molecular formula is C14H20N2O2. The molecule has 4 nitrogen and oxygen atoms in total. The fraction of sp³-hybridized carbons (Fsp3) is 0.857. The number of carbonyl (C=O) groups is 1. The summed E-state index contributed by atoms with van der Waals surface area (Å²) in [5.41, 5.74) is -0.833. The molecule has 1 aliphatic heterocycles. The highest BCUT2D eigenvalue weighted by atomic mass is 16.5. The van der Waals surface area contributed by atoms with E-state index in [0.29, 0.717) is 38.0 Å². The summed E-state index contributed by atoms with van der Waals surface area (Å²) in [5, 5.41) is 12.5. The first-order chi connectivity index (χ1) is 8.73. The number of nitriles is 1. The van der Waals surface area contributed by atoms with Crippen molar-refractivity contribution < 1.29 is 9.53 Å². The van der Waals surface area contributed by atoms with Gasteiger partial charge < -0.3 is 10.1 Å². The van der Waals surface area contributed by atoms with Gasteiger partial charge >= 0.3 is 0 Å². The SMILES string of the molecule is N#CC1(C(=O)NC2CC3CCC2C3)CCOCC1. The fourth-order valence-corrected chi connectivity index (χ4v) is 3.84. The molecule has 2 aliphatic carbocycles. The van der Waals surface area contributed by atoms with Crippen LogP contribution in [0.3, 0.4) is 0 Å². The van der Waals surface area contributed by atoms with Crippen LogP contribution >= 0.6 is 0 Å². The van der Waals surface area contributed by atoms with Crippen LogP contribution in [0.1, 0.15) is 38.5 Å². The van der Waals surface area contributed by atoms with Gasteiger partial charge in [-0.25, -0.2) is 0 Å². The average Bonchev–Trinajstić information content (AvgIpc) is 3.01. The van der Waals surface area contributed by atoms with Crippen molar-refractivity contribution in [2.24, 2.45) is 17.3 Å². The normalized spacial score (nSPS) is 37.2. The summed E-state index contributed by atoms with van der Waals surface area (Å²) in [5.74, 6) is 1.42. The zero-order chi connectivity index (χ0) is 12.6. The highest BCUT2D eigenvalue weighted by molar-refractivity contribution is 5.85. The van der Waals surface area contributed by atoms with Gasteiger partial charge in [-0.1, -0.05) is 6.42 Å². The van der Waals surface area contributed by atoms with Crippen molar-refractivity contribution in [1.29, 1.82) is 5.26 Å². The lowest BCUT2D eigenvalue weighted by Crippen LogP contribution is -2.48. The second kappa shape index (κ2) is 4.55. The monoisotopic (exact) mass is 248 g/mol. The Morgan fingerprint density at radius 2 is 2.06 bits per heavy atom. The largest absolute Gasteiger partial charge is 0.381 e. The molecule has 3 aliphatic rings. The molecular weight excluding hydrogens is 228 g/mol. The summed E-state index contributed by atoms with van der Waals surface area (Å²) < 4.78 is 5.26. The van der Waals surface area contributed by atoms with E-state index in [1.165, 1.54) is 19.3 Å². The molecule has 98 valence electrons. The van der Waals surface area contributed by atoms with Crippen LogP contribution in [0.25, 0.3) is 0 Å². The highest BCUT2D eigenvalue weighted by Gasteiger charge is 2.45. The van der Waals surface area contributed by atoms with Crippen LogP contribution in [0.5, 0.6) is 0 Å². The summed E-state index contributed by atoms with van der Waals surface area (Å²) in [6.07, 6.45) is 6.04. The van der Waals surface area contributed by atoms with Gasteiger partial charge in [-0.15, -0.1) is 0 Å². The van der Waals surface area contributed by atoms with Gasteiger partial charge in [0, 0.05) is 19.3 Å². The Bertz CT molecular complexity index is 382. The Labute approximate surface area is 108 Å². The van der Waals surface area contributed by atoms with Crippen LogP contribution in [0, 0.1) is 28.6 Å². The Morgan fingerprint density at radius 3 is 2.61 bits per heavy atom. The Balaban J connectivity index is 1.65. The van der Waals surface area contributed by atoms with Crippen LogP contribution in [0.15, 0.2) is 0 Å². The average molecular weight is 248 g/mol. The summed E-state index contributed by atoms with van der Waals surface area (Å²) in [6.45, 7) is 1.05. The summed E-state index contributed by atoms with van der Waals surface area (Å²) in [6, 6.07) is 2.57. The molecule has 1 saturated heterocycles. The van der Waals surface area contributed by atoms with Gasteiger partial charge in [0.1, 0.15) is 5.41 Å². The van der Waals surface area contributed by atoms with E-state index >= 15 is 0 Å². The van der Waals surface area contributed by atoms with Gasteiger partial charge in [0.25, 0.3) is 0 Å². The van der Waals surface area contributed by atoms with E-state index in [2.05, 4.69) is 11.4 Å². The predicted molar refractivity (Wildman–Crippen MR) is 65.5 cm³/mol. The minimum absolute atomic E-state index is 0.0501. The molecule has 2 bridgehead atoms. The molecule has 4 heteroatoms. The van der Waals surface area contributed by atoms with Crippen LogP contribution in [-0.4, -0.2) is 25.2 Å². The van der Waals surface area contributed by atoms with Crippen molar-refractivity contribution in [3.8, 4) is 6.07 Å². The molecule has 0 aromatic rings. The number of rotatable bonds is 2. The smallest absolute Gasteiger partial charge is 0.240 e. The van der Waals surface area contributed by atoms with Gasteiger partial charge in [0.15, 0.2) is 0 Å². The zero-order valence-corrected chi connectivity index (χ0v) is 10.7. The highest BCUT2D eigenvalue weighted by Crippen LogP contribution is 2.45. The van der Waals surface area contributed by atoms with Crippen LogP contribution in [0.2, 0.25) is 0 Å². The van der Waals surface area contributed by atoms with Gasteiger partial charge in [-0.3, -0.25) is 4.79 Å². The van der Waals surface area contributed by atoms with Crippen LogP contribution in [0.4, 0.5) is 0 Å². The van der Waals surface area contributed by atoms with Crippen LogP contribution in [-0.2, 0) is 9.53 Å². The van der Waals surface area contributed by atoms with E-state index < -0.39 is 5.41 Å². The lowest BCUT2D eigenvalue weighted by Gasteiger charge is -2.32. The van der Waals surface area contributed by atoms with E-state index in [1.807, 2.05) is 0 Å². The van der Waals surface area contributed by atoms with E-state index in [4.69, 9.17) is 4.74 Å². The maximum atomic E-state index is 12.4. The lowest BCUT2D eigenvalue weighted by molar-refractivity contribution is -0.133. The number of amides is 1. The predicted octanol–water partition coefficient (Wildman–Crippen LogP) is 1.61. The molecule has 0 aromatic carbocycles. The maximum Gasteiger partial charge on any atom is 0.240 e. The number of hydrogen-bond acceptors (Lipinski definition) is 3. The number of hydrogen-bond donors (Lipinski definition) is 1. The molecule has 0 radical (unpaired) electrons. The van der Waals surface area contributed by atoms with E-state index in [9.17, 15) is 10.1 Å². The van der Waals surface area contributed by atoms with Crippen LogP contribution < -0.4 is 5.32 Å². The summed E-state index contributed by atoms with van der Waals surface area (Å²) in [4.78, 5) is 12.4. The number of ether oxygens (including phenoxy) is 1. The first-order valence-electron chi connectivity index (χ1n) is 7.03. The van der Waals surface area contributed by atoms with Gasteiger partial charge in [-0.2, -0.15) is 5.26 Å². The van der Waals surface area contributed by atoms with Crippen molar-refractivity contribution in [3.63, 3.8) is 0 Å². The molecule has 3 unspecified atom stereocenters. The number of nitrogens with one attached hydrogen (secondary N) is 1. The van der Waals surface area contributed by atoms with Gasteiger partial charge in [0.2, 0.25) is 5.91 Å². The first kappa shape index (κ1) is 12.0. The minimum atomic E-state index is -0.833. The third-order valence-electron chi connectivity index (χ3n) is 5.05.